The molecule has 2 rings (SSSR count). The molecule has 0 spiro atoms. The van der Waals surface area contributed by atoms with Crippen molar-refractivity contribution in [1.29, 1.82) is 0 Å². The molecule has 0 amide bonds. The topological polar surface area (TPSA) is 45.1 Å². The number of ether oxygens (including phenoxy) is 1. The molecular formula is C24H38N2O2. The number of hydrogen-bond acceptors (Lipinski definition) is 4. The lowest BCUT2D eigenvalue weighted by Crippen LogP contribution is -2.49. The van der Waals surface area contributed by atoms with Crippen LogP contribution in [0, 0.1) is 5.92 Å². The van der Waals surface area contributed by atoms with Crippen LogP contribution in [0.25, 0.3) is 0 Å². The van der Waals surface area contributed by atoms with Crippen LogP contribution in [0.3, 0.4) is 0 Å². The molecule has 1 saturated heterocycles. The average Bonchev–Trinajstić information content (AvgIpc) is 3.21. The van der Waals surface area contributed by atoms with E-state index in [9.17, 15) is 5.11 Å². The maximum atomic E-state index is 11.2. The summed E-state index contributed by atoms with van der Waals surface area (Å²) < 4.78 is 6.02. The fourth-order valence-corrected chi connectivity index (χ4v) is 4.53. The molecule has 1 aliphatic heterocycles. The van der Waals surface area contributed by atoms with Gasteiger partial charge in [-0.2, -0.15) is 5.10 Å². The molecule has 156 valence electrons. The molecule has 0 aromatic heterocycles. The molecule has 1 aliphatic rings. The number of nitrogens with zero attached hydrogens (tertiary/aromatic N) is 2. The van der Waals surface area contributed by atoms with Crippen LogP contribution in [0.2, 0.25) is 0 Å². The number of methoxy groups -OCH3 is 1. The van der Waals surface area contributed by atoms with E-state index in [1.165, 1.54) is 0 Å². The third-order valence-electron chi connectivity index (χ3n) is 6.35. The minimum Gasteiger partial charge on any atom is -0.386 e. The van der Waals surface area contributed by atoms with Crippen molar-refractivity contribution in [1.82, 2.24) is 5.01 Å². The zero-order valence-electron chi connectivity index (χ0n) is 18.1. The van der Waals surface area contributed by atoms with Gasteiger partial charge >= 0.3 is 0 Å². The fraction of sp³-hybridized carbons (Fsp3) is 0.625. The minimum atomic E-state index is -0.665. The summed E-state index contributed by atoms with van der Waals surface area (Å²) >= 11 is 0. The molecule has 1 aromatic rings. The van der Waals surface area contributed by atoms with E-state index in [4.69, 9.17) is 9.84 Å². The Balaban J connectivity index is 2.44. The number of hydrazone groups is 1. The molecule has 0 aliphatic carbocycles. The van der Waals surface area contributed by atoms with Gasteiger partial charge in [-0.05, 0) is 32.1 Å². The minimum absolute atomic E-state index is 0.00505. The van der Waals surface area contributed by atoms with Crippen LogP contribution >= 0.6 is 0 Å². The van der Waals surface area contributed by atoms with Crippen LogP contribution in [0.4, 0.5) is 0 Å². The molecule has 1 heterocycles. The Hall–Kier alpha value is -1.65. The normalized spacial score (nSPS) is 20.2. The van der Waals surface area contributed by atoms with Crippen molar-refractivity contribution < 1.29 is 9.84 Å². The Bertz CT molecular complexity index is 616. The lowest BCUT2D eigenvalue weighted by atomic mass is 9.87. The van der Waals surface area contributed by atoms with Crippen molar-refractivity contribution in [3.63, 3.8) is 0 Å². The molecule has 4 heteroatoms. The van der Waals surface area contributed by atoms with Crippen molar-refractivity contribution >= 4 is 5.71 Å². The molecule has 0 saturated carbocycles. The van der Waals surface area contributed by atoms with Gasteiger partial charge in [0.05, 0.1) is 17.4 Å². The lowest BCUT2D eigenvalue weighted by molar-refractivity contribution is -0.0733. The van der Waals surface area contributed by atoms with Gasteiger partial charge in [-0.15, -0.1) is 6.58 Å². The second-order valence-corrected chi connectivity index (χ2v) is 7.78. The summed E-state index contributed by atoms with van der Waals surface area (Å²) in [5.74, 6) is -0.00505. The standard InChI is InChI=1S/C24H38N2O2/c1-6-14-19(7-2)23(27)22(20-15-11-10-12-16-20)25-26-18-13-17-21(26)24(8-3,9-4)28-5/h7,10-12,15-16,19,21,23,27H,2,6,8-9,13-14,17-18H2,1,3-5H3/b25-22+/t19-,21+,23-/m1/s1. The zero-order valence-corrected chi connectivity index (χ0v) is 18.1. The highest BCUT2D eigenvalue weighted by Gasteiger charge is 2.42. The fourth-order valence-electron chi connectivity index (χ4n) is 4.53. The maximum Gasteiger partial charge on any atom is 0.105 e. The highest BCUT2D eigenvalue weighted by Crippen LogP contribution is 2.35. The van der Waals surface area contributed by atoms with E-state index in [0.717, 1.165) is 56.3 Å². The molecule has 1 fully saturated rings. The Kier molecular flexibility index (Phi) is 8.71. The van der Waals surface area contributed by atoms with Crippen molar-refractivity contribution in [2.24, 2.45) is 11.0 Å². The molecule has 3 atom stereocenters. The first kappa shape index (κ1) is 22.6. The van der Waals surface area contributed by atoms with Crippen LogP contribution < -0.4 is 0 Å². The first-order valence-electron chi connectivity index (χ1n) is 10.8. The summed E-state index contributed by atoms with van der Waals surface area (Å²) in [4.78, 5) is 0. The predicted molar refractivity (Wildman–Crippen MR) is 118 cm³/mol. The van der Waals surface area contributed by atoms with Gasteiger partial charge < -0.3 is 9.84 Å². The van der Waals surface area contributed by atoms with E-state index >= 15 is 0 Å². The van der Waals surface area contributed by atoms with Crippen LogP contribution in [0.5, 0.6) is 0 Å². The van der Waals surface area contributed by atoms with Crippen LogP contribution in [-0.4, -0.2) is 47.2 Å². The van der Waals surface area contributed by atoms with Gasteiger partial charge in [-0.3, -0.25) is 5.01 Å². The van der Waals surface area contributed by atoms with Gasteiger partial charge in [0.15, 0.2) is 0 Å². The molecule has 1 N–H and O–H groups in total. The zero-order chi connectivity index (χ0) is 20.6. The lowest BCUT2D eigenvalue weighted by Gasteiger charge is -2.40. The number of benzene rings is 1. The molecule has 4 nitrogen and oxygen atoms in total. The summed E-state index contributed by atoms with van der Waals surface area (Å²) in [6.45, 7) is 11.4. The van der Waals surface area contributed by atoms with Crippen molar-refractivity contribution in [3.05, 3.63) is 48.6 Å². The van der Waals surface area contributed by atoms with Crippen LogP contribution in [0.15, 0.2) is 48.1 Å². The van der Waals surface area contributed by atoms with Gasteiger partial charge in [0.2, 0.25) is 0 Å². The van der Waals surface area contributed by atoms with Gasteiger partial charge in [-0.1, -0.05) is 63.6 Å². The summed E-state index contributed by atoms with van der Waals surface area (Å²) in [6, 6.07) is 10.3. The average molecular weight is 387 g/mol. The van der Waals surface area contributed by atoms with E-state index in [0.29, 0.717) is 0 Å². The van der Waals surface area contributed by atoms with Crippen LogP contribution in [-0.2, 0) is 4.74 Å². The van der Waals surface area contributed by atoms with Gasteiger partial charge in [-0.25, -0.2) is 0 Å². The summed E-state index contributed by atoms with van der Waals surface area (Å²) in [5.41, 5.74) is 1.51. The Morgan fingerprint density at radius 2 is 2.00 bits per heavy atom. The molecule has 0 unspecified atom stereocenters. The SMILES string of the molecule is C=C[C@H](CCC)[C@@H](O)/C(=N/N1CCC[C@H]1C(CC)(CC)OC)c1ccccc1. The molecule has 1 aromatic carbocycles. The van der Waals surface area contributed by atoms with Crippen LogP contribution in [0.1, 0.15) is 64.9 Å². The quantitative estimate of drug-likeness (QED) is 0.429. The number of rotatable bonds is 11. The smallest absolute Gasteiger partial charge is 0.105 e. The number of aliphatic hydroxyl groups is 1. The summed E-state index contributed by atoms with van der Waals surface area (Å²) in [6.07, 6.45) is 7.16. The Morgan fingerprint density at radius 3 is 2.54 bits per heavy atom. The number of hydrogen-bond donors (Lipinski definition) is 1. The monoisotopic (exact) mass is 386 g/mol. The highest BCUT2D eigenvalue weighted by molar-refractivity contribution is 6.03. The van der Waals surface area contributed by atoms with Gasteiger partial charge in [0.25, 0.3) is 0 Å². The second kappa shape index (κ2) is 10.8. The van der Waals surface area contributed by atoms with E-state index in [-0.39, 0.29) is 17.6 Å². The van der Waals surface area contributed by atoms with Gasteiger partial charge in [0, 0.05) is 25.1 Å². The second-order valence-electron chi connectivity index (χ2n) is 7.78. The largest absolute Gasteiger partial charge is 0.386 e. The predicted octanol–water partition coefficient (Wildman–Crippen LogP) is 5.02. The first-order chi connectivity index (χ1) is 13.6. The van der Waals surface area contributed by atoms with E-state index in [2.05, 4.69) is 32.4 Å². The Morgan fingerprint density at radius 1 is 1.32 bits per heavy atom. The summed E-state index contributed by atoms with van der Waals surface area (Å²) in [5, 5.41) is 18.4. The third-order valence-corrected chi connectivity index (χ3v) is 6.35. The highest BCUT2D eigenvalue weighted by atomic mass is 16.5. The van der Waals surface area contributed by atoms with Crippen molar-refractivity contribution in [3.8, 4) is 0 Å². The van der Waals surface area contributed by atoms with Gasteiger partial charge in [0.1, 0.15) is 6.10 Å². The molecule has 0 radical (unpaired) electrons. The van der Waals surface area contributed by atoms with E-state index in [1.54, 1.807) is 0 Å². The third kappa shape index (κ3) is 4.84. The summed E-state index contributed by atoms with van der Waals surface area (Å²) in [7, 11) is 1.81. The maximum absolute atomic E-state index is 11.2. The molecule has 0 bridgehead atoms. The molecule has 28 heavy (non-hydrogen) atoms. The van der Waals surface area contributed by atoms with Crippen molar-refractivity contribution in [2.75, 3.05) is 13.7 Å². The number of aliphatic hydroxyl groups excluding tert-OH is 1. The van der Waals surface area contributed by atoms with E-state index in [1.807, 2.05) is 43.5 Å². The Labute approximate surface area is 171 Å². The van der Waals surface area contributed by atoms with Crippen molar-refractivity contribution in [2.45, 2.75) is 77.0 Å². The first-order valence-corrected chi connectivity index (χ1v) is 10.8. The molecular weight excluding hydrogens is 348 g/mol. The van der Waals surface area contributed by atoms with E-state index < -0.39 is 6.10 Å².